The zero-order valence-electron chi connectivity index (χ0n) is 8.59. The third kappa shape index (κ3) is 9.06. The lowest BCUT2D eigenvalue weighted by Crippen LogP contribution is -1.87. The molecule has 0 unspecified atom stereocenters. The van der Waals surface area contributed by atoms with Crippen molar-refractivity contribution in [1.29, 1.82) is 0 Å². The highest BCUT2D eigenvalue weighted by Gasteiger charge is 1.90. The molecule has 0 aliphatic heterocycles. The normalized spacial score (nSPS) is 10.5. The van der Waals surface area contributed by atoms with Gasteiger partial charge in [0.1, 0.15) is 0 Å². The number of unbranched alkanes of at least 4 members (excludes halogenated alkanes) is 4. The van der Waals surface area contributed by atoms with Crippen molar-refractivity contribution in [1.82, 2.24) is 0 Å². The van der Waals surface area contributed by atoms with E-state index in [2.05, 4.69) is 13.5 Å². The summed E-state index contributed by atoms with van der Waals surface area (Å²) in [7, 11) is 0. The van der Waals surface area contributed by atoms with Gasteiger partial charge < -0.3 is 0 Å². The monoisotopic (exact) mass is 180 g/mol. The average Bonchev–Trinajstić information content (AvgIpc) is 2.11. The Hall–Kier alpha value is -0.850. The van der Waals surface area contributed by atoms with Gasteiger partial charge in [-0.2, -0.15) is 0 Å². The van der Waals surface area contributed by atoms with Crippen LogP contribution in [0.5, 0.6) is 0 Å². The maximum Gasteiger partial charge on any atom is 0.159 e. The second-order valence-corrected chi connectivity index (χ2v) is 3.21. The molecule has 0 radical (unpaired) electrons. The van der Waals surface area contributed by atoms with Crippen molar-refractivity contribution in [3.05, 3.63) is 24.8 Å². The van der Waals surface area contributed by atoms with Crippen LogP contribution in [0.2, 0.25) is 0 Å². The minimum atomic E-state index is 0.158. The van der Waals surface area contributed by atoms with E-state index in [4.69, 9.17) is 0 Å². The molecule has 0 N–H and O–H groups in total. The highest BCUT2D eigenvalue weighted by atomic mass is 16.1. The SMILES string of the molecule is C=CCC(=O)/C=C/CCCCCC. The van der Waals surface area contributed by atoms with Crippen LogP contribution < -0.4 is 0 Å². The van der Waals surface area contributed by atoms with Gasteiger partial charge in [-0.3, -0.25) is 4.79 Å². The average molecular weight is 180 g/mol. The molecule has 0 saturated carbocycles. The third-order valence-electron chi connectivity index (χ3n) is 1.87. The molecule has 0 saturated heterocycles. The van der Waals surface area contributed by atoms with Crippen LogP contribution in [0.4, 0.5) is 0 Å². The van der Waals surface area contributed by atoms with E-state index in [0.29, 0.717) is 6.42 Å². The zero-order valence-corrected chi connectivity index (χ0v) is 8.59. The molecule has 74 valence electrons. The van der Waals surface area contributed by atoms with Crippen LogP contribution in [0.3, 0.4) is 0 Å². The minimum Gasteiger partial charge on any atom is -0.295 e. The lowest BCUT2D eigenvalue weighted by molar-refractivity contribution is -0.113. The lowest BCUT2D eigenvalue weighted by atomic mass is 10.1. The number of rotatable bonds is 8. The van der Waals surface area contributed by atoms with E-state index in [1.54, 1.807) is 12.2 Å². The van der Waals surface area contributed by atoms with E-state index < -0.39 is 0 Å². The van der Waals surface area contributed by atoms with E-state index in [9.17, 15) is 4.79 Å². The molecular weight excluding hydrogens is 160 g/mol. The largest absolute Gasteiger partial charge is 0.295 e. The third-order valence-corrected chi connectivity index (χ3v) is 1.87. The van der Waals surface area contributed by atoms with Gasteiger partial charge in [0.25, 0.3) is 0 Å². The quantitative estimate of drug-likeness (QED) is 0.316. The van der Waals surface area contributed by atoms with Crippen LogP contribution in [0, 0.1) is 0 Å². The summed E-state index contributed by atoms with van der Waals surface area (Å²) < 4.78 is 0. The van der Waals surface area contributed by atoms with E-state index in [1.165, 1.54) is 25.7 Å². The standard InChI is InChI=1S/C12H20O/c1-3-5-6-7-8-9-11-12(13)10-4-2/h4,9,11H,2-3,5-8,10H2,1H3/b11-9+. The van der Waals surface area contributed by atoms with Crippen LogP contribution in [0.25, 0.3) is 0 Å². The molecule has 0 aromatic carbocycles. The molecule has 0 bridgehead atoms. The number of carbonyl (C=O) groups excluding carboxylic acids is 1. The highest BCUT2D eigenvalue weighted by molar-refractivity contribution is 5.90. The van der Waals surface area contributed by atoms with Crippen LogP contribution in [0.1, 0.15) is 45.4 Å². The number of hydrogen-bond donors (Lipinski definition) is 0. The number of ketones is 1. The van der Waals surface area contributed by atoms with Gasteiger partial charge in [0.15, 0.2) is 5.78 Å². The zero-order chi connectivity index (χ0) is 9.94. The maximum atomic E-state index is 11.0. The Labute approximate surface area is 81.5 Å². The van der Waals surface area contributed by atoms with E-state index >= 15 is 0 Å². The number of allylic oxidation sites excluding steroid dienone is 3. The predicted octanol–water partition coefficient (Wildman–Crippen LogP) is 3.66. The Balaban J connectivity index is 3.30. The Kier molecular flexibility index (Phi) is 8.64. The summed E-state index contributed by atoms with van der Waals surface area (Å²) in [6, 6.07) is 0. The summed E-state index contributed by atoms with van der Waals surface area (Å²) in [5.74, 6) is 0.158. The molecule has 13 heavy (non-hydrogen) atoms. The molecule has 0 aliphatic carbocycles. The molecule has 0 amide bonds. The fourth-order valence-electron chi connectivity index (χ4n) is 1.11. The maximum absolute atomic E-state index is 11.0. The van der Waals surface area contributed by atoms with Crippen molar-refractivity contribution in [3.63, 3.8) is 0 Å². The van der Waals surface area contributed by atoms with Gasteiger partial charge in [0, 0.05) is 6.42 Å². The first kappa shape index (κ1) is 12.2. The van der Waals surface area contributed by atoms with E-state index in [1.807, 2.05) is 6.08 Å². The van der Waals surface area contributed by atoms with Crippen molar-refractivity contribution in [2.45, 2.75) is 45.4 Å². The summed E-state index contributed by atoms with van der Waals surface area (Å²) in [5, 5.41) is 0. The van der Waals surface area contributed by atoms with E-state index in [0.717, 1.165) is 6.42 Å². The van der Waals surface area contributed by atoms with Gasteiger partial charge in [0.2, 0.25) is 0 Å². The van der Waals surface area contributed by atoms with Crippen molar-refractivity contribution < 1.29 is 4.79 Å². The second kappa shape index (κ2) is 9.24. The predicted molar refractivity (Wildman–Crippen MR) is 57.7 cm³/mol. The summed E-state index contributed by atoms with van der Waals surface area (Å²) in [6.45, 7) is 5.71. The minimum absolute atomic E-state index is 0.158. The van der Waals surface area contributed by atoms with Crippen LogP contribution >= 0.6 is 0 Å². The smallest absolute Gasteiger partial charge is 0.159 e. The summed E-state index contributed by atoms with van der Waals surface area (Å²) in [4.78, 5) is 11.0. The molecule has 0 aromatic heterocycles. The Bertz CT molecular complexity index is 168. The van der Waals surface area contributed by atoms with E-state index in [-0.39, 0.29) is 5.78 Å². The fourth-order valence-corrected chi connectivity index (χ4v) is 1.11. The summed E-state index contributed by atoms with van der Waals surface area (Å²) >= 11 is 0. The fraction of sp³-hybridized carbons (Fsp3) is 0.583. The Morgan fingerprint density at radius 2 is 2.08 bits per heavy atom. The number of hydrogen-bond acceptors (Lipinski definition) is 1. The summed E-state index contributed by atoms with van der Waals surface area (Å²) in [5.41, 5.74) is 0. The number of carbonyl (C=O) groups is 1. The molecule has 0 atom stereocenters. The van der Waals surface area contributed by atoms with Gasteiger partial charge in [0.05, 0.1) is 0 Å². The highest BCUT2D eigenvalue weighted by Crippen LogP contribution is 2.02. The molecule has 0 aliphatic rings. The summed E-state index contributed by atoms with van der Waals surface area (Å²) in [6.07, 6.45) is 11.8. The Morgan fingerprint density at radius 3 is 2.69 bits per heavy atom. The molecule has 0 aromatic rings. The van der Waals surface area contributed by atoms with Gasteiger partial charge in [-0.15, -0.1) is 6.58 Å². The first-order chi connectivity index (χ1) is 6.31. The van der Waals surface area contributed by atoms with Gasteiger partial charge in [-0.25, -0.2) is 0 Å². The van der Waals surface area contributed by atoms with Gasteiger partial charge in [-0.1, -0.05) is 38.3 Å². The molecule has 0 spiro atoms. The Morgan fingerprint density at radius 1 is 1.31 bits per heavy atom. The van der Waals surface area contributed by atoms with Gasteiger partial charge in [-0.05, 0) is 18.9 Å². The lowest BCUT2D eigenvalue weighted by Gasteiger charge is -1.93. The van der Waals surface area contributed by atoms with Crippen molar-refractivity contribution >= 4 is 5.78 Å². The van der Waals surface area contributed by atoms with Crippen molar-refractivity contribution in [3.8, 4) is 0 Å². The van der Waals surface area contributed by atoms with Crippen molar-refractivity contribution in [2.24, 2.45) is 0 Å². The van der Waals surface area contributed by atoms with Crippen molar-refractivity contribution in [2.75, 3.05) is 0 Å². The molecule has 0 fully saturated rings. The van der Waals surface area contributed by atoms with Crippen LogP contribution in [-0.4, -0.2) is 5.78 Å². The van der Waals surface area contributed by atoms with Gasteiger partial charge >= 0.3 is 0 Å². The topological polar surface area (TPSA) is 17.1 Å². The van der Waals surface area contributed by atoms with Crippen LogP contribution in [0.15, 0.2) is 24.8 Å². The van der Waals surface area contributed by atoms with Crippen LogP contribution in [-0.2, 0) is 4.79 Å². The first-order valence-corrected chi connectivity index (χ1v) is 5.11. The molecule has 0 heterocycles. The second-order valence-electron chi connectivity index (χ2n) is 3.21. The molecule has 1 nitrogen and oxygen atoms in total. The molecule has 0 rings (SSSR count). The molecular formula is C12H20O. The molecule has 1 heteroatoms. The first-order valence-electron chi connectivity index (χ1n) is 5.11.